The molecule has 0 bridgehead atoms. The van der Waals surface area contributed by atoms with Crippen LogP contribution in [0, 0.1) is 11.3 Å². The summed E-state index contributed by atoms with van der Waals surface area (Å²) in [6.45, 7) is 14.3. The lowest BCUT2D eigenvalue weighted by molar-refractivity contribution is -0.0221. The zero-order chi connectivity index (χ0) is 11.4. The number of rotatable bonds is 5. The van der Waals surface area contributed by atoms with E-state index in [1.807, 2.05) is 7.11 Å². The average Bonchev–Trinajstić information content (AvgIpc) is 2.01. The Morgan fingerprint density at radius 3 is 1.93 bits per heavy atom. The second kappa shape index (κ2) is 5.72. The largest absolute Gasteiger partial charge is 0.379 e. The summed E-state index contributed by atoms with van der Waals surface area (Å²) in [5.41, 5.74) is 0.186. The summed E-state index contributed by atoms with van der Waals surface area (Å²) in [5.74, 6) is 0.596. The van der Waals surface area contributed by atoms with Crippen molar-refractivity contribution in [1.29, 1.82) is 0 Å². The lowest BCUT2D eigenvalue weighted by Crippen LogP contribution is -2.50. The molecule has 2 heteroatoms. The van der Waals surface area contributed by atoms with Crippen LogP contribution in [0.25, 0.3) is 0 Å². The molecular weight excluding hydrogens is 174 g/mol. The molecule has 86 valence electrons. The van der Waals surface area contributed by atoms with Crippen molar-refractivity contribution >= 4 is 0 Å². The van der Waals surface area contributed by atoms with E-state index in [1.54, 1.807) is 0 Å². The van der Waals surface area contributed by atoms with E-state index in [2.05, 4.69) is 46.9 Å². The molecule has 2 nitrogen and oxygen atoms in total. The first-order chi connectivity index (χ1) is 6.34. The highest BCUT2D eigenvalue weighted by Crippen LogP contribution is 2.27. The van der Waals surface area contributed by atoms with Gasteiger partial charge < -0.3 is 10.1 Å². The molecule has 0 aliphatic carbocycles. The number of hydrogen-bond donors (Lipinski definition) is 1. The van der Waals surface area contributed by atoms with Gasteiger partial charge >= 0.3 is 0 Å². The summed E-state index contributed by atoms with van der Waals surface area (Å²) in [5, 5.41) is 3.51. The highest BCUT2D eigenvalue weighted by atomic mass is 16.5. The Kier molecular flexibility index (Phi) is 5.68. The zero-order valence-electron chi connectivity index (χ0n) is 10.8. The van der Waals surface area contributed by atoms with Gasteiger partial charge in [-0.2, -0.15) is 0 Å². The fraction of sp³-hybridized carbons (Fsp3) is 1.00. The molecule has 0 aromatic heterocycles. The van der Waals surface area contributed by atoms with Crippen LogP contribution >= 0.6 is 0 Å². The molecule has 0 radical (unpaired) electrons. The van der Waals surface area contributed by atoms with E-state index >= 15 is 0 Å². The average molecular weight is 201 g/mol. The third-order valence-electron chi connectivity index (χ3n) is 2.59. The molecule has 14 heavy (non-hydrogen) atoms. The maximum atomic E-state index is 5.63. The van der Waals surface area contributed by atoms with Gasteiger partial charge in [0, 0.05) is 13.2 Å². The Bertz CT molecular complexity index is 149. The van der Waals surface area contributed by atoms with E-state index in [9.17, 15) is 0 Å². The van der Waals surface area contributed by atoms with Crippen LogP contribution in [0.2, 0.25) is 0 Å². The Morgan fingerprint density at radius 2 is 1.71 bits per heavy atom. The number of nitrogens with one attached hydrogen (secondary N) is 1. The molecule has 2 unspecified atom stereocenters. The Hall–Kier alpha value is -0.0800. The highest BCUT2D eigenvalue weighted by molar-refractivity contribution is 4.87. The second-order valence-electron chi connectivity index (χ2n) is 5.35. The number of ether oxygens (including phenoxy) is 1. The summed E-state index contributed by atoms with van der Waals surface area (Å²) in [7, 11) is 1.81. The van der Waals surface area contributed by atoms with Gasteiger partial charge in [-0.15, -0.1) is 0 Å². The smallest absolute Gasteiger partial charge is 0.0774 e. The van der Waals surface area contributed by atoms with Crippen molar-refractivity contribution in [2.45, 2.75) is 53.7 Å². The minimum absolute atomic E-state index is 0.186. The van der Waals surface area contributed by atoms with Crippen LogP contribution in [0.5, 0.6) is 0 Å². The fourth-order valence-electron chi connectivity index (χ4n) is 1.97. The number of hydrogen-bond acceptors (Lipinski definition) is 2. The molecule has 1 N–H and O–H groups in total. The summed E-state index contributed by atoms with van der Waals surface area (Å²) in [6.07, 6.45) is 0.266. The molecule has 0 saturated heterocycles. The highest BCUT2D eigenvalue weighted by Gasteiger charge is 2.33. The number of methoxy groups -OCH3 is 1. The van der Waals surface area contributed by atoms with Crippen molar-refractivity contribution in [3.63, 3.8) is 0 Å². The van der Waals surface area contributed by atoms with Gasteiger partial charge in [-0.05, 0) is 17.9 Å². The summed E-state index contributed by atoms with van der Waals surface area (Å²) in [4.78, 5) is 0. The Balaban J connectivity index is 4.58. The first kappa shape index (κ1) is 13.9. The molecule has 0 aromatic rings. The minimum atomic E-state index is 0.186. The molecular formula is C12H27NO. The first-order valence-electron chi connectivity index (χ1n) is 5.60. The van der Waals surface area contributed by atoms with E-state index in [0.29, 0.717) is 12.0 Å². The van der Waals surface area contributed by atoms with Gasteiger partial charge in [0.2, 0.25) is 0 Å². The Morgan fingerprint density at radius 1 is 1.21 bits per heavy atom. The molecule has 2 atom stereocenters. The van der Waals surface area contributed by atoms with E-state index in [-0.39, 0.29) is 11.5 Å². The lowest BCUT2D eigenvalue weighted by atomic mass is 9.80. The third-order valence-corrected chi connectivity index (χ3v) is 2.59. The zero-order valence-corrected chi connectivity index (χ0v) is 10.8. The van der Waals surface area contributed by atoms with Gasteiger partial charge in [-0.3, -0.25) is 0 Å². The van der Waals surface area contributed by atoms with Crippen LogP contribution in [-0.2, 0) is 4.74 Å². The van der Waals surface area contributed by atoms with E-state index in [0.717, 1.165) is 6.54 Å². The predicted molar refractivity (Wildman–Crippen MR) is 62.6 cm³/mol. The van der Waals surface area contributed by atoms with E-state index in [4.69, 9.17) is 4.74 Å². The van der Waals surface area contributed by atoms with Crippen LogP contribution in [0.15, 0.2) is 0 Å². The molecule has 0 aliphatic heterocycles. The molecule has 0 aromatic carbocycles. The molecule has 0 fully saturated rings. The molecule has 0 amide bonds. The van der Waals surface area contributed by atoms with Crippen LogP contribution in [0.1, 0.15) is 41.5 Å². The Labute approximate surface area is 89.4 Å². The standard InChI is InChI=1S/C12H27NO/c1-8-13-10(9(2)3)11(14-7)12(4,5)6/h9-11,13H,8H2,1-7H3. The van der Waals surface area contributed by atoms with Crippen LogP contribution < -0.4 is 5.32 Å². The van der Waals surface area contributed by atoms with Gasteiger partial charge in [0.05, 0.1) is 6.10 Å². The summed E-state index contributed by atoms with van der Waals surface area (Å²) < 4.78 is 5.63. The van der Waals surface area contributed by atoms with E-state index in [1.165, 1.54) is 0 Å². The topological polar surface area (TPSA) is 21.3 Å². The third kappa shape index (κ3) is 3.97. The van der Waals surface area contributed by atoms with Crippen molar-refractivity contribution in [3.8, 4) is 0 Å². The van der Waals surface area contributed by atoms with Gasteiger partial charge in [0.1, 0.15) is 0 Å². The van der Waals surface area contributed by atoms with Crippen molar-refractivity contribution in [2.75, 3.05) is 13.7 Å². The van der Waals surface area contributed by atoms with Crippen LogP contribution in [-0.4, -0.2) is 25.8 Å². The minimum Gasteiger partial charge on any atom is -0.379 e. The van der Waals surface area contributed by atoms with Gasteiger partial charge in [0.15, 0.2) is 0 Å². The molecule has 0 heterocycles. The summed E-state index contributed by atoms with van der Waals surface area (Å²) in [6, 6.07) is 0.435. The molecule has 0 aliphatic rings. The van der Waals surface area contributed by atoms with Crippen molar-refractivity contribution in [3.05, 3.63) is 0 Å². The quantitative estimate of drug-likeness (QED) is 0.738. The second-order valence-corrected chi connectivity index (χ2v) is 5.35. The normalized spacial score (nSPS) is 17.1. The predicted octanol–water partition coefficient (Wildman–Crippen LogP) is 2.68. The van der Waals surface area contributed by atoms with Crippen molar-refractivity contribution in [2.24, 2.45) is 11.3 Å². The molecule has 0 spiro atoms. The van der Waals surface area contributed by atoms with Crippen LogP contribution in [0.3, 0.4) is 0 Å². The van der Waals surface area contributed by atoms with Crippen molar-refractivity contribution < 1.29 is 4.74 Å². The first-order valence-corrected chi connectivity index (χ1v) is 5.60. The van der Waals surface area contributed by atoms with Gasteiger partial charge in [-0.1, -0.05) is 41.5 Å². The summed E-state index contributed by atoms with van der Waals surface area (Å²) >= 11 is 0. The maximum Gasteiger partial charge on any atom is 0.0774 e. The monoisotopic (exact) mass is 201 g/mol. The van der Waals surface area contributed by atoms with Crippen LogP contribution in [0.4, 0.5) is 0 Å². The lowest BCUT2D eigenvalue weighted by Gasteiger charge is -2.38. The van der Waals surface area contributed by atoms with Gasteiger partial charge in [-0.25, -0.2) is 0 Å². The fourth-order valence-corrected chi connectivity index (χ4v) is 1.97. The molecule has 0 rings (SSSR count). The molecule has 0 saturated carbocycles. The van der Waals surface area contributed by atoms with Crippen molar-refractivity contribution in [1.82, 2.24) is 5.32 Å². The maximum absolute atomic E-state index is 5.63. The van der Waals surface area contributed by atoms with Gasteiger partial charge in [0.25, 0.3) is 0 Å². The van der Waals surface area contributed by atoms with E-state index < -0.39 is 0 Å². The SMILES string of the molecule is CCNC(C(C)C)C(OC)C(C)(C)C. The number of likely N-dealkylation sites (N-methyl/N-ethyl adjacent to an activating group) is 1.